The molecule has 2 atom stereocenters. The molecule has 0 aromatic heterocycles. The van der Waals surface area contributed by atoms with Crippen molar-refractivity contribution < 1.29 is 0 Å². The summed E-state index contributed by atoms with van der Waals surface area (Å²) in [5.74, 6) is 0. The van der Waals surface area contributed by atoms with Crippen LogP contribution >= 0.6 is 0 Å². The number of nitriles is 1. The Morgan fingerprint density at radius 3 is 2.71 bits per heavy atom. The van der Waals surface area contributed by atoms with Crippen LogP contribution in [0.2, 0.25) is 0 Å². The van der Waals surface area contributed by atoms with Gasteiger partial charge in [0.05, 0.1) is 6.07 Å². The van der Waals surface area contributed by atoms with Gasteiger partial charge in [-0.3, -0.25) is 5.32 Å². The molecule has 2 bridgehead atoms. The summed E-state index contributed by atoms with van der Waals surface area (Å²) in [6.07, 6.45) is 4.16. The van der Waals surface area contributed by atoms with Crippen LogP contribution in [0.1, 0.15) is 25.7 Å². The molecule has 0 radical (unpaired) electrons. The molecule has 0 aliphatic carbocycles. The van der Waals surface area contributed by atoms with Gasteiger partial charge in [-0.15, -0.1) is 0 Å². The molecular weight excluding hydrogens is 216 g/mol. The van der Waals surface area contributed by atoms with Crippen LogP contribution in [0.5, 0.6) is 0 Å². The lowest BCUT2D eigenvalue weighted by Gasteiger charge is -2.41. The number of piperidine rings is 1. The Labute approximate surface area is 101 Å². The third-order valence-corrected chi connectivity index (χ3v) is 4.11. The summed E-state index contributed by atoms with van der Waals surface area (Å²) in [4.78, 5) is 5.12. The number of fused-ring (bicyclic) bond motifs is 2. The monoisotopic (exact) mass is 234 g/mol. The molecule has 2 saturated heterocycles. The normalized spacial score (nSPS) is 36.2. The van der Waals surface area contributed by atoms with Gasteiger partial charge in [0, 0.05) is 30.1 Å². The van der Waals surface area contributed by atoms with Gasteiger partial charge in [0.25, 0.3) is 0 Å². The van der Waals surface area contributed by atoms with E-state index in [-0.39, 0.29) is 0 Å². The summed E-state index contributed by atoms with van der Waals surface area (Å²) < 4.78 is 0. The Morgan fingerprint density at radius 1 is 1.53 bits per heavy atom. The van der Waals surface area contributed by atoms with Crippen molar-refractivity contribution in [2.45, 2.75) is 43.3 Å². The predicted molar refractivity (Wildman–Crippen MR) is 64.2 cm³/mol. The molecule has 6 nitrogen and oxygen atoms in total. The average molecular weight is 234 g/mol. The van der Waals surface area contributed by atoms with Crippen molar-refractivity contribution in [2.24, 2.45) is 5.11 Å². The lowest BCUT2D eigenvalue weighted by Crippen LogP contribution is -2.56. The zero-order valence-electron chi connectivity index (χ0n) is 10.1. The Kier molecular flexibility index (Phi) is 3.53. The van der Waals surface area contributed by atoms with Gasteiger partial charge >= 0.3 is 0 Å². The van der Waals surface area contributed by atoms with E-state index in [1.165, 1.54) is 12.8 Å². The van der Waals surface area contributed by atoms with Crippen LogP contribution in [0.4, 0.5) is 0 Å². The largest absolute Gasteiger partial charge is 0.300 e. The summed E-state index contributed by atoms with van der Waals surface area (Å²) in [6.45, 7) is 0.992. The first-order chi connectivity index (χ1) is 8.21. The van der Waals surface area contributed by atoms with Crippen molar-refractivity contribution in [3.05, 3.63) is 10.4 Å². The van der Waals surface area contributed by atoms with Crippen molar-refractivity contribution in [1.82, 2.24) is 10.2 Å². The molecular formula is C11H18N6. The first kappa shape index (κ1) is 12.2. The Morgan fingerprint density at radius 2 is 2.18 bits per heavy atom. The highest BCUT2D eigenvalue weighted by atomic mass is 15.2. The standard InChI is InChI=1S/C11H18N6/c1-17-9-2-3-10(17)7-11(6-9,8-12)14-4-5-15-16-13/h9-10,14H,2-7H2,1H3. The first-order valence-electron chi connectivity index (χ1n) is 6.10. The van der Waals surface area contributed by atoms with Crippen molar-refractivity contribution in [2.75, 3.05) is 20.1 Å². The Hall–Kier alpha value is -1.28. The molecule has 2 fully saturated rings. The molecule has 0 saturated carbocycles. The second-order valence-electron chi connectivity index (χ2n) is 5.03. The second kappa shape index (κ2) is 4.92. The fraction of sp³-hybridized carbons (Fsp3) is 0.909. The van der Waals surface area contributed by atoms with E-state index in [1.807, 2.05) is 0 Å². The number of azide groups is 1. The van der Waals surface area contributed by atoms with Crippen LogP contribution in [0.3, 0.4) is 0 Å². The molecule has 0 aromatic rings. The molecule has 0 amide bonds. The van der Waals surface area contributed by atoms with Crippen molar-refractivity contribution in [1.29, 1.82) is 5.26 Å². The lowest BCUT2D eigenvalue weighted by molar-refractivity contribution is 0.120. The Bertz CT molecular complexity index is 353. The number of rotatable bonds is 4. The van der Waals surface area contributed by atoms with Crippen LogP contribution in [0.15, 0.2) is 5.11 Å². The fourth-order valence-electron chi connectivity index (χ4n) is 3.14. The zero-order valence-corrected chi connectivity index (χ0v) is 10.1. The summed E-state index contributed by atoms with van der Waals surface area (Å²) >= 11 is 0. The molecule has 2 heterocycles. The highest BCUT2D eigenvalue weighted by molar-refractivity contribution is 5.15. The van der Waals surface area contributed by atoms with E-state index in [1.54, 1.807) is 0 Å². The van der Waals surface area contributed by atoms with Crippen molar-refractivity contribution in [3.63, 3.8) is 0 Å². The van der Waals surface area contributed by atoms with E-state index in [0.717, 1.165) is 12.8 Å². The smallest absolute Gasteiger partial charge is 0.109 e. The van der Waals surface area contributed by atoms with E-state index >= 15 is 0 Å². The quantitative estimate of drug-likeness (QED) is 0.345. The molecule has 17 heavy (non-hydrogen) atoms. The molecule has 2 aliphatic heterocycles. The number of hydrogen-bond donors (Lipinski definition) is 1. The summed E-state index contributed by atoms with van der Waals surface area (Å²) in [5, 5.41) is 16.2. The highest BCUT2D eigenvalue weighted by Crippen LogP contribution is 2.39. The van der Waals surface area contributed by atoms with Gasteiger partial charge in [0.2, 0.25) is 0 Å². The molecule has 2 rings (SSSR count). The van der Waals surface area contributed by atoms with Gasteiger partial charge in [-0.05, 0) is 38.3 Å². The molecule has 92 valence electrons. The molecule has 2 aliphatic rings. The maximum absolute atomic E-state index is 9.41. The van der Waals surface area contributed by atoms with E-state index in [4.69, 9.17) is 5.53 Å². The second-order valence-corrected chi connectivity index (χ2v) is 5.03. The zero-order chi connectivity index (χ0) is 12.3. The van der Waals surface area contributed by atoms with Crippen LogP contribution in [0.25, 0.3) is 10.4 Å². The minimum Gasteiger partial charge on any atom is -0.300 e. The highest BCUT2D eigenvalue weighted by Gasteiger charge is 2.46. The molecule has 6 heteroatoms. The van der Waals surface area contributed by atoms with Crippen LogP contribution in [-0.4, -0.2) is 42.7 Å². The third kappa shape index (κ3) is 2.37. The van der Waals surface area contributed by atoms with Gasteiger partial charge in [-0.2, -0.15) is 5.26 Å². The predicted octanol–water partition coefficient (Wildman–Crippen LogP) is 1.41. The van der Waals surface area contributed by atoms with Crippen molar-refractivity contribution in [3.8, 4) is 6.07 Å². The van der Waals surface area contributed by atoms with Gasteiger partial charge in [-0.1, -0.05) is 5.11 Å². The summed E-state index contributed by atoms with van der Waals surface area (Å²) in [6, 6.07) is 3.50. The number of hydrogen-bond acceptors (Lipinski definition) is 4. The number of nitrogens with zero attached hydrogens (tertiary/aromatic N) is 5. The lowest BCUT2D eigenvalue weighted by atomic mass is 9.84. The van der Waals surface area contributed by atoms with Crippen LogP contribution in [-0.2, 0) is 0 Å². The van der Waals surface area contributed by atoms with Gasteiger partial charge in [0.1, 0.15) is 5.54 Å². The average Bonchev–Trinajstić information content (AvgIpc) is 2.58. The third-order valence-electron chi connectivity index (χ3n) is 4.11. The van der Waals surface area contributed by atoms with Crippen LogP contribution in [0, 0.1) is 11.3 Å². The fourth-order valence-corrected chi connectivity index (χ4v) is 3.14. The minimum absolute atomic E-state index is 0.408. The van der Waals surface area contributed by atoms with Crippen LogP contribution < -0.4 is 5.32 Å². The van der Waals surface area contributed by atoms with E-state index < -0.39 is 5.54 Å². The van der Waals surface area contributed by atoms with E-state index in [0.29, 0.717) is 25.2 Å². The summed E-state index contributed by atoms with van der Waals surface area (Å²) in [7, 11) is 2.16. The minimum atomic E-state index is -0.413. The maximum Gasteiger partial charge on any atom is 0.109 e. The summed E-state index contributed by atoms with van der Waals surface area (Å²) in [5.41, 5.74) is 7.80. The first-order valence-corrected chi connectivity index (χ1v) is 6.10. The van der Waals surface area contributed by atoms with E-state index in [2.05, 4.69) is 33.4 Å². The molecule has 0 spiro atoms. The Balaban J connectivity index is 1.97. The SMILES string of the molecule is CN1C2CCC1CC(C#N)(NCCN=[N+]=[N-])C2. The maximum atomic E-state index is 9.41. The van der Waals surface area contributed by atoms with Gasteiger partial charge in [0.15, 0.2) is 0 Å². The van der Waals surface area contributed by atoms with Gasteiger partial charge in [-0.25, -0.2) is 0 Å². The molecule has 1 N–H and O–H groups in total. The van der Waals surface area contributed by atoms with Crippen molar-refractivity contribution >= 4 is 0 Å². The van der Waals surface area contributed by atoms with Gasteiger partial charge < -0.3 is 4.90 Å². The van der Waals surface area contributed by atoms with E-state index in [9.17, 15) is 5.26 Å². The topological polar surface area (TPSA) is 87.8 Å². The molecule has 0 aromatic carbocycles. The molecule has 2 unspecified atom stereocenters. The number of nitrogens with one attached hydrogen (secondary N) is 1.